The summed E-state index contributed by atoms with van der Waals surface area (Å²) in [4.78, 5) is 34.7. The van der Waals surface area contributed by atoms with Gasteiger partial charge in [0.25, 0.3) is 5.91 Å². The van der Waals surface area contributed by atoms with Gasteiger partial charge in [0.1, 0.15) is 11.2 Å². The van der Waals surface area contributed by atoms with Gasteiger partial charge in [0.05, 0.1) is 24.5 Å². The number of para-hydroxylation sites is 1. The minimum Gasteiger partial charge on any atom is -0.497 e. The van der Waals surface area contributed by atoms with Gasteiger partial charge < -0.3 is 4.74 Å². The monoisotopic (exact) mass is 448 g/mol. The number of anilines is 2. The van der Waals surface area contributed by atoms with E-state index in [9.17, 15) is 9.59 Å². The summed E-state index contributed by atoms with van der Waals surface area (Å²) in [5.41, 5.74) is 0.950. The first kappa shape index (κ1) is 20.5. The van der Waals surface area contributed by atoms with Crippen molar-refractivity contribution in [1.29, 1.82) is 0 Å². The van der Waals surface area contributed by atoms with Gasteiger partial charge in [0.15, 0.2) is 6.10 Å². The highest BCUT2D eigenvalue weighted by Crippen LogP contribution is 2.55. The Morgan fingerprint density at radius 2 is 1.56 bits per heavy atom. The summed E-state index contributed by atoms with van der Waals surface area (Å²) in [5.74, 6) is 0.00285. The molecule has 2 aliphatic heterocycles. The van der Waals surface area contributed by atoms with E-state index in [4.69, 9.17) is 21.2 Å². The van der Waals surface area contributed by atoms with Crippen LogP contribution in [-0.4, -0.2) is 25.0 Å². The number of halogens is 1. The highest BCUT2D eigenvalue weighted by atomic mass is 35.5. The topological polar surface area (TPSA) is 59.1 Å². The molecule has 0 aromatic heterocycles. The van der Waals surface area contributed by atoms with Crippen molar-refractivity contribution in [3.8, 4) is 5.75 Å². The molecule has 2 fully saturated rings. The molecular formula is C25H21ClN2O4. The van der Waals surface area contributed by atoms with Crippen molar-refractivity contribution in [3.63, 3.8) is 0 Å². The largest absolute Gasteiger partial charge is 0.497 e. The Bertz CT molecular complexity index is 1170. The van der Waals surface area contributed by atoms with E-state index in [1.165, 1.54) is 4.90 Å². The van der Waals surface area contributed by atoms with Crippen molar-refractivity contribution in [2.45, 2.75) is 19.1 Å². The molecule has 0 aliphatic carbocycles. The fourth-order valence-electron chi connectivity index (χ4n) is 4.55. The second-order valence-electron chi connectivity index (χ2n) is 8.06. The van der Waals surface area contributed by atoms with Crippen LogP contribution < -0.4 is 14.7 Å². The Morgan fingerprint density at radius 1 is 0.906 bits per heavy atom. The van der Waals surface area contributed by atoms with Gasteiger partial charge >= 0.3 is 0 Å². The first-order chi connectivity index (χ1) is 15.4. The van der Waals surface area contributed by atoms with Gasteiger partial charge in [-0.05, 0) is 61.0 Å². The van der Waals surface area contributed by atoms with Crippen LogP contribution >= 0.6 is 11.6 Å². The fourth-order valence-corrected chi connectivity index (χ4v) is 4.67. The zero-order valence-corrected chi connectivity index (χ0v) is 18.3. The van der Waals surface area contributed by atoms with Crippen LogP contribution in [0.3, 0.4) is 0 Å². The number of imide groups is 1. The molecule has 0 saturated carbocycles. The van der Waals surface area contributed by atoms with Gasteiger partial charge in [0, 0.05) is 5.02 Å². The molecule has 0 N–H and O–H groups in total. The van der Waals surface area contributed by atoms with Crippen LogP contribution in [0.4, 0.5) is 11.4 Å². The lowest BCUT2D eigenvalue weighted by atomic mass is 9.76. The average Bonchev–Trinajstić information content (AvgIpc) is 3.23. The summed E-state index contributed by atoms with van der Waals surface area (Å²) in [6.07, 6.45) is -0.960. The molecule has 5 rings (SSSR count). The number of amides is 2. The highest BCUT2D eigenvalue weighted by Gasteiger charge is 2.68. The van der Waals surface area contributed by atoms with Gasteiger partial charge in [-0.2, -0.15) is 0 Å². The molecule has 7 heteroatoms. The number of rotatable bonds is 4. The number of fused-ring (bicyclic) bond motifs is 1. The van der Waals surface area contributed by atoms with Crippen molar-refractivity contribution in [1.82, 2.24) is 0 Å². The van der Waals surface area contributed by atoms with Gasteiger partial charge in [-0.3, -0.25) is 14.4 Å². The van der Waals surface area contributed by atoms with Crippen molar-refractivity contribution < 1.29 is 19.2 Å². The minimum absolute atomic E-state index is 0.311. The smallest absolute Gasteiger partial charge is 0.266 e. The summed E-state index contributed by atoms with van der Waals surface area (Å²) in [6, 6.07) is 23.1. The number of benzene rings is 3. The number of hydroxylamine groups is 1. The maximum atomic E-state index is 13.8. The van der Waals surface area contributed by atoms with Gasteiger partial charge in [-0.25, -0.2) is 9.96 Å². The molecule has 0 radical (unpaired) electrons. The molecule has 3 atom stereocenters. The summed E-state index contributed by atoms with van der Waals surface area (Å²) >= 11 is 6.00. The molecule has 162 valence electrons. The lowest BCUT2D eigenvalue weighted by Crippen LogP contribution is -2.41. The van der Waals surface area contributed by atoms with Crippen LogP contribution in [0.25, 0.3) is 0 Å². The fraction of sp³-hybridized carbons (Fsp3) is 0.200. The lowest BCUT2D eigenvalue weighted by Gasteiger charge is -2.32. The van der Waals surface area contributed by atoms with E-state index in [0.717, 1.165) is 11.3 Å². The summed E-state index contributed by atoms with van der Waals surface area (Å²) in [6.45, 7) is 1.80. The second kappa shape index (κ2) is 7.65. The van der Waals surface area contributed by atoms with E-state index in [0.29, 0.717) is 16.5 Å². The molecule has 3 aromatic rings. The predicted octanol–water partition coefficient (Wildman–Crippen LogP) is 4.79. The van der Waals surface area contributed by atoms with E-state index in [1.807, 2.05) is 54.6 Å². The third-order valence-corrected chi connectivity index (χ3v) is 6.45. The molecule has 3 unspecified atom stereocenters. The lowest BCUT2D eigenvalue weighted by molar-refractivity contribution is -0.128. The van der Waals surface area contributed by atoms with Gasteiger partial charge in [-0.15, -0.1) is 0 Å². The van der Waals surface area contributed by atoms with Crippen LogP contribution in [0.1, 0.15) is 18.5 Å². The van der Waals surface area contributed by atoms with Crippen molar-refractivity contribution in [3.05, 3.63) is 89.4 Å². The van der Waals surface area contributed by atoms with Gasteiger partial charge in [-0.1, -0.05) is 41.9 Å². The van der Waals surface area contributed by atoms with Crippen molar-refractivity contribution in [2.75, 3.05) is 17.1 Å². The van der Waals surface area contributed by atoms with Crippen LogP contribution in [-0.2, 0) is 14.4 Å². The molecule has 3 aromatic carbocycles. The first-order valence-electron chi connectivity index (χ1n) is 10.2. The Kier molecular flexibility index (Phi) is 4.92. The number of nitrogens with zero attached hydrogens (tertiary/aromatic N) is 2. The van der Waals surface area contributed by atoms with Crippen LogP contribution in [0, 0.1) is 5.41 Å². The number of carbonyl (C=O) groups excluding carboxylic acids is 2. The summed E-state index contributed by atoms with van der Waals surface area (Å²) in [7, 11) is 1.60. The Hall–Kier alpha value is -3.35. The second-order valence-corrected chi connectivity index (χ2v) is 8.50. The molecule has 0 spiro atoms. The molecule has 2 saturated heterocycles. The average molecular weight is 449 g/mol. The Morgan fingerprint density at radius 3 is 2.19 bits per heavy atom. The highest BCUT2D eigenvalue weighted by molar-refractivity contribution is 6.31. The molecular weight excluding hydrogens is 428 g/mol. The minimum atomic E-state index is -1.14. The summed E-state index contributed by atoms with van der Waals surface area (Å²) < 4.78 is 5.29. The first-order valence-corrected chi connectivity index (χ1v) is 10.6. The molecule has 2 heterocycles. The Labute approximate surface area is 190 Å². The number of hydrogen-bond donors (Lipinski definition) is 0. The molecule has 0 bridgehead atoms. The van der Waals surface area contributed by atoms with Gasteiger partial charge in [0.2, 0.25) is 5.91 Å². The predicted molar refractivity (Wildman–Crippen MR) is 122 cm³/mol. The molecule has 2 aliphatic rings. The number of carbonyl (C=O) groups is 2. The van der Waals surface area contributed by atoms with Crippen molar-refractivity contribution in [2.24, 2.45) is 5.41 Å². The molecule has 32 heavy (non-hydrogen) atoms. The number of methoxy groups -OCH3 is 1. The SMILES string of the molecule is COc1ccc(C2N(c3ccccc3)OC3C(=O)N(c4ccc(Cl)cc4)C(=O)C32C)cc1. The summed E-state index contributed by atoms with van der Waals surface area (Å²) in [5, 5.41) is 2.21. The molecule has 2 amide bonds. The van der Waals surface area contributed by atoms with E-state index in [1.54, 1.807) is 43.4 Å². The van der Waals surface area contributed by atoms with E-state index < -0.39 is 23.5 Å². The van der Waals surface area contributed by atoms with Crippen LogP contribution in [0.15, 0.2) is 78.9 Å². The zero-order chi connectivity index (χ0) is 22.5. The maximum absolute atomic E-state index is 13.8. The van der Waals surface area contributed by atoms with E-state index in [-0.39, 0.29) is 5.91 Å². The zero-order valence-electron chi connectivity index (χ0n) is 17.6. The third-order valence-electron chi connectivity index (χ3n) is 6.20. The number of ether oxygens (including phenoxy) is 1. The van der Waals surface area contributed by atoms with Crippen molar-refractivity contribution >= 4 is 34.8 Å². The quantitative estimate of drug-likeness (QED) is 0.537. The molecule has 6 nitrogen and oxygen atoms in total. The van der Waals surface area contributed by atoms with E-state index in [2.05, 4.69) is 0 Å². The van der Waals surface area contributed by atoms with Crippen LogP contribution in [0.5, 0.6) is 5.75 Å². The normalized spacial score (nSPS) is 24.7. The van der Waals surface area contributed by atoms with Crippen LogP contribution in [0.2, 0.25) is 5.02 Å². The third kappa shape index (κ3) is 2.98. The standard InChI is InChI=1S/C25H21ClN2O4/c1-25-21(16-8-14-20(31-2)15-9-16)28(19-6-4-3-5-7-19)32-22(25)23(29)27(24(25)30)18-12-10-17(26)11-13-18/h3-15,21-22H,1-2H3. The maximum Gasteiger partial charge on any atom is 0.266 e. The van der Waals surface area contributed by atoms with E-state index >= 15 is 0 Å². The Balaban J connectivity index is 1.62. The number of hydrogen-bond acceptors (Lipinski definition) is 5.